The highest BCUT2D eigenvalue weighted by Gasteiger charge is 1.99. The van der Waals surface area contributed by atoms with Crippen LogP contribution in [-0.4, -0.2) is 9.36 Å². The first-order chi connectivity index (χ1) is 6.34. The van der Waals surface area contributed by atoms with Crippen LogP contribution in [0.4, 0.5) is 5.13 Å². The van der Waals surface area contributed by atoms with Gasteiger partial charge < -0.3 is 5.32 Å². The highest BCUT2D eigenvalue weighted by atomic mass is 32.1. The predicted octanol–water partition coefficient (Wildman–Crippen LogP) is 2.52. The van der Waals surface area contributed by atoms with E-state index in [2.05, 4.69) is 26.1 Å². The molecule has 0 fully saturated rings. The third-order valence-electron chi connectivity index (χ3n) is 1.52. The minimum absolute atomic E-state index is 0.832. The van der Waals surface area contributed by atoms with Gasteiger partial charge >= 0.3 is 0 Å². The number of aromatic nitrogens is 2. The molecule has 2 aromatic heterocycles. The molecule has 2 aromatic rings. The van der Waals surface area contributed by atoms with Gasteiger partial charge in [0.25, 0.3) is 0 Å². The second-order valence-corrected chi connectivity index (χ2v) is 4.36. The molecule has 13 heavy (non-hydrogen) atoms. The molecule has 0 bridgehead atoms. The summed E-state index contributed by atoms with van der Waals surface area (Å²) in [6, 6.07) is 4.15. The molecule has 68 valence electrons. The van der Waals surface area contributed by atoms with Gasteiger partial charge in [-0.2, -0.15) is 4.37 Å². The van der Waals surface area contributed by atoms with E-state index in [1.807, 2.05) is 13.0 Å². The third kappa shape index (κ3) is 2.26. The van der Waals surface area contributed by atoms with E-state index >= 15 is 0 Å². The summed E-state index contributed by atoms with van der Waals surface area (Å²) >= 11 is 3.15. The van der Waals surface area contributed by atoms with E-state index in [0.717, 1.165) is 17.5 Å². The van der Waals surface area contributed by atoms with Gasteiger partial charge in [-0.15, -0.1) is 11.3 Å². The molecular formula is C8H9N3S2. The fourth-order valence-electron chi connectivity index (χ4n) is 0.945. The van der Waals surface area contributed by atoms with Crippen LogP contribution < -0.4 is 5.32 Å². The summed E-state index contributed by atoms with van der Waals surface area (Å²) in [7, 11) is 0. The topological polar surface area (TPSA) is 37.8 Å². The summed E-state index contributed by atoms with van der Waals surface area (Å²) in [5, 5.41) is 6.19. The van der Waals surface area contributed by atoms with E-state index in [9.17, 15) is 0 Å². The molecule has 3 nitrogen and oxygen atoms in total. The maximum absolute atomic E-state index is 4.21. The van der Waals surface area contributed by atoms with Crippen molar-refractivity contribution in [2.45, 2.75) is 13.5 Å². The van der Waals surface area contributed by atoms with Crippen LogP contribution in [-0.2, 0) is 6.54 Å². The average molecular weight is 211 g/mol. The van der Waals surface area contributed by atoms with Crippen LogP contribution in [0, 0.1) is 6.92 Å². The number of thiophene rings is 1. The predicted molar refractivity (Wildman–Crippen MR) is 56.3 cm³/mol. The monoisotopic (exact) mass is 211 g/mol. The Labute approximate surface area is 84.6 Å². The number of nitrogens with one attached hydrogen (secondary N) is 1. The summed E-state index contributed by atoms with van der Waals surface area (Å²) in [5.74, 6) is 0.832. The van der Waals surface area contributed by atoms with E-state index in [1.165, 1.54) is 16.4 Å². The zero-order chi connectivity index (χ0) is 9.10. The second kappa shape index (κ2) is 3.85. The number of nitrogens with zero attached hydrogens (tertiary/aromatic N) is 2. The van der Waals surface area contributed by atoms with Crippen LogP contribution in [0.25, 0.3) is 0 Å². The van der Waals surface area contributed by atoms with E-state index in [1.54, 1.807) is 11.3 Å². The van der Waals surface area contributed by atoms with Gasteiger partial charge in [-0.3, -0.25) is 0 Å². The number of hydrogen-bond donors (Lipinski definition) is 1. The van der Waals surface area contributed by atoms with Crippen molar-refractivity contribution < 1.29 is 0 Å². The molecule has 0 aliphatic heterocycles. The van der Waals surface area contributed by atoms with Crippen molar-refractivity contribution in [1.29, 1.82) is 0 Å². The Morgan fingerprint density at radius 3 is 3.08 bits per heavy atom. The molecule has 1 N–H and O–H groups in total. The smallest absolute Gasteiger partial charge is 0.202 e. The molecule has 0 radical (unpaired) electrons. The Hall–Kier alpha value is -0.940. The number of anilines is 1. The lowest BCUT2D eigenvalue weighted by Gasteiger charge is -1.97. The van der Waals surface area contributed by atoms with Crippen LogP contribution in [0.15, 0.2) is 17.5 Å². The minimum Gasteiger partial charge on any atom is -0.355 e. The fraction of sp³-hybridized carbons (Fsp3) is 0.250. The van der Waals surface area contributed by atoms with Crippen molar-refractivity contribution in [3.05, 3.63) is 28.2 Å². The Bertz CT molecular complexity index is 366. The van der Waals surface area contributed by atoms with Crippen LogP contribution in [0.3, 0.4) is 0 Å². The fourth-order valence-corrected chi connectivity index (χ4v) is 2.16. The molecule has 2 rings (SSSR count). The molecule has 0 aliphatic carbocycles. The zero-order valence-electron chi connectivity index (χ0n) is 7.15. The van der Waals surface area contributed by atoms with Gasteiger partial charge in [0.05, 0.1) is 6.54 Å². The molecule has 5 heteroatoms. The van der Waals surface area contributed by atoms with Crippen molar-refractivity contribution in [3.63, 3.8) is 0 Å². The Morgan fingerprint density at radius 1 is 1.54 bits per heavy atom. The Kier molecular flexibility index (Phi) is 2.56. The molecule has 0 spiro atoms. The van der Waals surface area contributed by atoms with Gasteiger partial charge in [0.15, 0.2) is 0 Å². The normalized spacial score (nSPS) is 10.2. The SMILES string of the molecule is Cc1nsc(NCc2cccs2)n1. The minimum atomic E-state index is 0.832. The molecule has 0 atom stereocenters. The quantitative estimate of drug-likeness (QED) is 0.847. The van der Waals surface area contributed by atoms with Crippen molar-refractivity contribution in [3.8, 4) is 0 Å². The second-order valence-electron chi connectivity index (χ2n) is 2.58. The van der Waals surface area contributed by atoms with Crippen LogP contribution in [0.2, 0.25) is 0 Å². The van der Waals surface area contributed by atoms with Crippen LogP contribution >= 0.6 is 22.9 Å². The first kappa shape index (κ1) is 8.65. The van der Waals surface area contributed by atoms with E-state index in [-0.39, 0.29) is 0 Å². The maximum atomic E-state index is 4.21. The molecule has 0 aromatic carbocycles. The summed E-state index contributed by atoms with van der Waals surface area (Å²) in [4.78, 5) is 5.52. The molecule has 0 aliphatic rings. The lowest BCUT2D eigenvalue weighted by Crippen LogP contribution is -1.96. The van der Waals surface area contributed by atoms with E-state index in [4.69, 9.17) is 0 Å². The first-order valence-corrected chi connectivity index (χ1v) is 5.56. The van der Waals surface area contributed by atoms with Gasteiger partial charge in [0, 0.05) is 16.4 Å². The van der Waals surface area contributed by atoms with Crippen molar-refractivity contribution in [2.24, 2.45) is 0 Å². The molecule has 0 saturated heterocycles. The van der Waals surface area contributed by atoms with Crippen LogP contribution in [0.1, 0.15) is 10.7 Å². The lowest BCUT2D eigenvalue weighted by molar-refractivity contribution is 1.12. The van der Waals surface area contributed by atoms with Crippen molar-refractivity contribution >= 4 is 28.0 Å². The van der Waals surface area contributed by atoms with Gasteiger partial charge in [0.1, 0.15) is 5.82 Å². The largest absolute Gasteiger partial charge is 0.355 e. The summed E-state index contributed by atoms with van der Waals surface area (Å²) in [5.41, 5.74) is 0. The highest BCUT2D eigenvalue weighted by Crippen LogP contribution is 2.14. The Balaban J connectivity index is 1.93. The van der Waals surface area contributed by atoms with E-state index < -0.39 is 0 Å². The molecule has 0 saturated carbocycles. The van der Waals surface area contributed by atoms with Gasteiger partial charge in [-0.1, -0.05) is 6.07 Å². The maximum Gasteiger partial charge on any atom is 0.202 e. The van der Waals surface area contributed by atoms with E-state index in [0.29, 0.717) is 0 Å². The van der Waals surface area contributed by atoms with Gasteiger partial charge in [-0.25, -0.2) is 4.98 Å². The van der Waals surface area contributed by atoms with Gasteiger partial charge in [0.2, 0.25) is 5.13 Å². The molecule has 0 amide bonds. The first-order valence-electron chi connectivity index (χ1n) is 3.91. The highest BCUT2D eigenvalue weighted by molar-refractivity contribution is 7.10. The number of hydrogen-bond acceptors (Lipinski definition) is 5. The summed E-state index contributed by atoms with van der Waals surface area (Å²) in [6.07, 6.45) is 0. The number of rotatable bonds is 3. The molecule has 2 heterocycles. The summed E-state index contributed by atoms with van der Waals surface area (Å²) < 4.78 is 4.09. The van der Waals surface area contributed by atoms with Crippen molar-refractivity contribution in [1.82, 2.24) is 9.36 Å². The van der Waals surface area contributed by atoms with Crippen molar-refractivity contribution in [2.75, 3.05) is 5.32 Å². The Morgan fingerprint density at radius 2 is 2.46 bits per heavy atom. The molecular weight excluding hydrogens is 202 g/mol. The molecule has 0 unspecified atom stereocenters. The zero-order valence-corrected chi connectivity index (χ0v) is 8.78. The average Bonchev–Trinajstić information content (AvgIpc) is 2.71. The number of aryl methyl sites for hydroxylation is 1. The summed E-state index contributed by atoms with van der Waals surface area (Å²) in [6.45, 7) is 2.74. The van der Waals surface area contributed by atoms with Gasteiger partial charge in [-0.05, 0) is 18.4 Å². The lowest BCUT2D eigenvalue weighted by atomic mass is 10.5. The third-order valence-corrected chi connectivity index (χ3v) is 3.16. The van der Waals surface area contributed by atoms with Crippen LogP contribution in [0.5, 0.6) is 0 Å². The standard InChI is InChI=1S/C8H9N3S2/c1-6-10-8(13-11-6)9-5-7-3-2-4-12-7/h2-4H,5H2,1H3,(H,9,10,11).